The molecule has 0 bridgehead atoms. The zero-order valence-corrected chi connectivity index (χ0v) is 22.6. The molecule has 1 atom stereocenters. The number of amides is 3. The Morgan fingerprint density at radius 1 is 1.10 bits per heavy atom. The highest BCUT2D eigenvalue weighted by atomic mass is 28.3. The first kappa shape index (κ1) is 28.4. The molecular weight excluding hydrogens is 538 g/mol. The molecule has 2 aliphatic rings. The molecule has 0 saturated carbocycles. The number of aliphatic carboxylic acids is 1. The highest BCUT2D eigenvalue weighted by Gasteiger charge is 2.42. The second-order valence-corrected chi connectivity index (χ2v) is 15.8. The average Bonchev–Trinajstić information content (AvgIpc) is 2.77. The molecule has 3 amide bonds. The number of carbonyl (C=O) groups excluding carboxylic acids is 2. The standard InChI is InChI=1S/C26H29F4N3O5Si/c1-39(2,3)23-19(27)10-16(11-20(23)28)31-24(36)22-18-5-4-17(38-25(29)30)9-15(18)6-7-33(22)26(37)32-12-14(13-32)8-21(34)35/h4-5,9-11,14,22,25H,6-8,12-13H2,1-3H3,(H,31,36)(H,34,35)/t22-/m1/s1. The van der Waals surface area contributed by atoms with Crippen molar-refractivity contribution in [1.29, 1.82) is 0 Å². The van der Waals surface area contributed by atoms with E-state index in [9.17, 15) is 31.9 Å². The number of fused-ring (bicyclic) bond motifs is 1. The van der Waals surface area contributed by atoms with Gasteiger partial charge in [0.1, 0.15) is 23.4 Å². The van der Waals surface area contributed by atoms with Gasteiger partial charge in [-0.25, -0.2) is 13.6 Å². The fourth-order valence-electron chi connectivity index (χ4n) is 5.12. The number of benzene rings is 2. The summed E-state index contributed by atoms with van der Waals surface area (Å²) in [4.78, 5) is 40.6. The summed E-state index contributed by atoms with van der Waals surface area (Å²) in [5, 5.41) is 11.5. The number of halogens is 4. The number of nitrogens with one attached hydrogen (secondary N) is 1. The quantitative estimate of drug-likeness (QED) is 0.387. The minimum Gasteiger partial charge on any atom is -0.481 e. The molecule has 0 unspecified atom stereocenters. The molecule has 8 nitrogen and oxygen atoms in total. The third kappa shape index (κ3) is 6.18. The van der Waals surface area contributed by atoms with E-state index in [2.05, 4.69) is 10.1 Å². The summed E-state index contributed by atoms with van der Waals surface area (Å²) in [6.07, 6.45) is 0.153. The van der Waals surface area contributed by atoms with E-state index in [4.69, 9.17) is 5.11 Å². The maximum absolute atomic E-state index is 14.8. The average molecular weight is 568 g/mol. The van der Waals surface area contributed by atoms with Crippen LogP contribution in [-0.2, 0) is 16.0 Å². The minimum atomic E-state index is -3.04. The number of ether oxygens (including phenoxy) is 1. The van der Waals surface area contributed by atoms with Crippen LogP contribution in [0.2, 0.25) is 19.6 Å². The zero-order chi connectivity index (χ0) is 28.6. The maximum Gasteiger partial charge on any atom is 0.387 e. The van der Waals surface area contributed by atoms with Gasteiger partial charge in [-0.1, -0.05) is 25.7 Å². The highest BCUT2D eigenvalue weighted by Crippen LogP contribution is 2.35. The molecule has 2 aromatic rings. The van der Waals surface area contributed by atoms with Crippen LogP contribution in [0.25, 0.3) is 0 Å². The lowest BCUT2D eigenvalue weighted by Crippen LogP contribution is -2.58. The predicted molar refractivity (Wildman–Crippen MR) is 137 cm³/mol. The van der Waals surface area contributed by atoms with Gasteiger partial charge in [-0.15, -0.1) is 0 Å². The topological polar surface area (TPSA) is 99.2 Å². The van der Waals surface area contributed by atoms with Crippen LogP contribution in [0.4, 0.5) is 28.0 Å². The van der Waals surface area contributed by atoms with E-state index in [0.29, 0.717) is 11.1 Å². The number of rotatable bonds is 7. The summed E-state index contributed by atoms with van der Waals surface area (Å²) in [6, 6.07) is 4.39. The Hall–Kier alpha value is -3.61. The molecule has 13 heteroatoms. The fraction of sp³-hybridized carbons (Fsp3) is 0.423. The molecule has 1 fully saturated rings. The molecule has 2 heterocycles. The van der Waals surface area contributed by atoms with Crippen molar-refractivity contribution in [3.63, 3.8) is 0 Å². The summed E-state index contributed by atoms with van der Waals surface area (Å²) in [6.45, 7) is 2.79. The van der Waals surface area contributed by atoms with Crippen LogP contribution in [0, 0.1) is 17.6 Å². The summed E-state index contributed by atoms with van der Waals surface area (Å²) in [7, 11) is -2.36. The number of carbonyl (C=O) groups is 3. The Morgan fingerprint density at radius 3 is 2.31 bits per heavy atom. The molecule has 0 aliphatic carbocycles. The number of hydrogen-bond acceptors (Lipinski definition) is 4. The van der Waals surface area contributed by atoms with Crippen LogP contribution in [0.3, 0.4) is 0 Å². The third-order valence-corrected chi connectivity index (χ3v) is 8.79. The number of likely N-dealkylation sites (tertiary alicyclic amines) is 1. The van der Waals surface area contributed by atoms with Gasteiger partial charge in [0.2, 0.25) is 0 Å². The number of nitrogens with zero attached hydrogens (tertiary/aromatic N) is 2. The Balaban J connectivity index is 1.63. The first-order valence-corrected chi connectivity index (χ1v) is 15.9. The minimum absolute atomic E-state index is 0.000531. The highest BCUT2D eigenvalue weighted by molar-refractivity contribution is 6.88. The van der Waals surface area contributed by atoms with E-state index in [0.717, 1.165) is 12.1 Å². The largest absolute Gasteiger partial charge is 0.481 e. The smallest absolute Gasteiger partial charge is 0.387 e. The van der Waals surface area contributed by atoms with Crippen LogP contribution >= 0.6 is 0 Å². The Labute approximate surface area is 223 Å². The van der Waals surface area contributed by atoms with Crippen LogP contribution in [0.15, 0.2) is 30.3 Å². The van der Waals surface area contributed by atoms with Crippen molar-refractivity contribution >= 4 is 36.9 Å². The van der Waals surface area contributed by atoms with Crippen LogP contribution in [0.1, 0.15) is 23.6 Å². The number of carboxylic acid groups (broad SMARTS) is 1. The van der Waals surface area contributed by atoms with Gasteiger partial charge in [-0.3, -0.25) is 9.59 Å². The van der Waals surface area contributed by atoms with Gasteiger partial charge in [0.15, 0.2) is 0 Å². The molecule has 2 aliphatic heterocycles. The van der Waals surface area contributed by atoms with E-state index in [1.165, 1.54) is 28.0 Å². The SMILES string of the molecule is C[Si](C)(C)c1c(F)cc(NC(=O)[C@H]2c3ccc(OC(F)F)cc3CCN2C(=O)N2CC(CC(=O)O)C2)cc1F. The van der Waals surface area contributed by atoms with Crippen molar-refractivity contribution in [1.82, 2.24) is 9.80 Å². The molecule has 1 saturated heterocycles. The molecule has 0 spiro atoms. The zero-order valence-electron chi connectivity index (χ0n) is 21.6. The molecule has 0 aromatic heterocycles. The summed E-state index contributed by atoms with van der Waals surface area (Å²) < 4.78 is 59.6. The predicted octanol–water partition coefficient (Wildman–Crippen LogP) is 4.18. The van der Waals surface area contributed by atoms with Crippen molar-refractivity contribution in [2.45, 2.75) is 45.1 Å². The number of anilines is 1. The molecule has 2 N–H and O–H groups in total. The van der Waals surface area contributed by atoms with E-state index in [1.807, 2.05) is 0 Å². The monoisotopic (exact) mass is 567 g/mol. The lowest BCUT2D eigenvalue weighted by molar-refractivity contribution is -0.139. The Morgan fingerprint density at radius 2 is 1.74 bits per heavy atom. The molecule has 39 heavy (non-hydrogen) atoms. The van der Waals surface area contributed by atoms with Gasteiger partial charge >= 0.3 is 18.6 Å². The summed E-state index contributed by atoms with van der Waals surface area (Å²) in [5.41, 5.74) is 0.742. The molecule has 210 valence electrons. The Bertz CT molecular complexity index is 1270. The normalized spacial score (nSPS) is 17.5. The lowest BCUT2D eigenvalue weighted by atomic mass is 9.91. The van der Waals surface area contributed by atoms with Gasteiger partial charge in [0.25, 0.3) is 5.91 Å². The van der Waals surface area contributed by atoms with Gasteiger partial charge in [-0.05, 0) is 41.8 Å². The molecule has 4 rings (SSSR count). The first-order valence-electron chi connectivity index (χ1n) is 12.4. The Kier molecular flexibility index (Phi) is 7.91. The van der Waals surface area contributed by atoms with E-state index in [1.54, 1.807) is 19.6 Å². The first-order chi connectivity index (χ1) is 18.2. The number of carboxylic acids is 1. The van der Waals surface area contributed by atoms with Crippen LogP contribution in [-0.4, -0.2) is 67.1 Å². The van der Waals surface area contributed by atoms with Gasteiger partial charge in [0.05, 0.1) is 14.5 Å². The van der Waals surface area contributed by atoms with E-state index >= 15 is 0 Å². The van der Waals surface area contributed by atoms with Crippen molar-refractivity contribution in [2.75, 3.05) is 25.0 Å². The second-order valence-electron chi connectivity index (χ2n) is 10.8. The summed E-state index contributed by atoms with van der Waals surface area (Å²) >= 11 is 0. The molecular formula is C26H29F4N3O5Si. The number of hydrogen-bond donors (Lipinski definition) is 2. The van der Waals surface area contributed by atoms with Gasteiger partial charge < -0.3 is 25.0 Å². The molecule has 0 radical (unpaired) electrons. The maximum atomic E-state index is 14.8. The van der Waals surface area contributed by atoms with Crippen LogP contribution < -0.4 is 15.2 Å². The third-order valence-electron chi connectivity index (χ3n) is 6.81. The van der Waals surface area contributed by atoms with E-state index < -0.39 is 50.3 Å². The van der Waals surface area contributed by atoms with E-state index in [-0.39, 0.29) is 55.0 Å². The lowest BCUT2D eigenvalue weighted by Gasteiger charge is -2.45. The van der Waals surface area contributed by atoms with Gasteiger partial charge in [0, 0.05) is 36.4 Å². The van der Waals surface area contributed by atoms with Crippen LogP contribution in [0.5, 0.6) is 5.75 Å². The summed E-state index contributed by atoms with van der Waals surface area (Å²) in [5.74, 6) is -3.58. The van der Waals surface area contributed by atoms with Gasteiger partial charge in [-0.2, -0.15) is 8.78 Å². The van der Waals surface area contributed by atoms with Crippen molar-refractivity contribution in [2.24, 2.45) is 5.92 Å². The fourth-order valence-corrected chi connectivity index (χ4v) is 6.70. The number of alkyl halides is 2. The van der Waals surface area contributed by atoms with Crippen molar-refractivity contribution in [3.8, 4) is 5.75 Å². The molecule has 2 aromatic carbocycles. The van der Waals surface area contributed by atoms with Crippen molar-refractivity contribution < 1.29 is 41.8 Å². The second kappa shape index (κ2) is 10.9. The number of urea groups is 1. The van der Waals surface area contributed by atoms with Crippen molar-refractivity contribution in [3.05, 3.63) is 53.1 Å².